The predicted octanol–water partition coefficient (Wildman–Crippen LogP) is 1.51. The van der Waals surface area contributed by atoms with Gasteiger partial charge < -0.3 is 10.5 Å². The molecular formula is C8H11ClN2O. The molecule has 3 nitrogen and oxygen atoms in total. The number of aromatic nitrogens is 1. The fourth-order valence-corrected chi connectivity index (χ4v) is 1.18. The van der Waals surface area contributed by atoms with Gasteiger partial charge >= 0.3 is 0 Å². The van der Waals surface area contributed by atoms with Crippen LogP contribution in [0.4, 0.5) is 0 Å². The van der Waals surface area contributed by atoms with E-state index in [0.29, 0.717) is 23.0 Å². The lowest BCUT2D eigenvalue weighted by Crippen LogP contribution is -2.03. The van der Waals surface area contributed by atoms with Crippen LogP contribution in [0.1, 0.15) is 11.4 Å². The van der Waals surface area contributed by atoms with Crippen LogP contribution < -0.4 is 10.5 Å². The first kappa shape index (κ1) is 9.29. The summed E-state index contributed by atoms with van der Waals surface area (Å²) in [4.78, 5) is 4.18. The van der Waals surface area contributed by atoms with Crippen LogP contribution in [0.5, 0.6) is 5.75 Å². The molecule has 0 unspecified atom stereocenters. The molecule has 4 heteroatoms. The number of hydrogen-bond acceptors (Lipinski definition) is 3. The number of methoxy groups -OCH3 is 1. The number of aryl methyl sites for hydroxylation is 1. The molecule has 0 aliphatic rings. The molecule has 0 radical (unpaired) electrons. The average Bonchev–Trinajstić information content (AvgIpc) is 2.08. The highest BCUT2D eigenvalue weighted by atomic mass is 35.5. The lowest BCUT2D eigenvalue weighted by Gasteiger charge is -2.06. The molecule has 1 heterocycles. The summed E-state index contributed by atoms with van der Waals surface area (Å²) in [6.45, 7) is 2.21. The minimum absolute atomic E-state index is 0.351. The van der Waals surface area contributed by atoms with Gasteiger partial charge in [0.25, 0.3) is 0 Å². The van der Waals surface area contributed by atoms with Crippen LogP contribution in [0.2, 0.25) is 5.02 Å². The molecule has 0 fully saturated rings. The molecule has 12 heavy (non-hydrogen) atoms. The van der Waals surface area contributed by atoms with Crippen molar-refractivity contribution in [2.45, 2.75) is 13.5 Å². The van der Waals surface area contributed by atoms with E-state index < -0.39 is 0 Å². The van der Waals surface area contributed by atoms with Crippen LogP contribution in [0.3, 0.4) is 0 Å². The third-order valence-electron chi connectivity index (χ3n) is 1.61. The normalized spacial score (nSPS) is 10.0. The van der Waals surface area contributed by atoms with Gasteiger partial charge in [0.15, 0.2) is 0 Å². The maximum absolute atomic E-state index is 5.86. The summed E-state index contributed by atoms with van der Waals surface area (Å²) in [5, 5.41) is 0.556. The standard InChI is InChI=1S/C8H11ClN2O/c1-5-8(12-2)3-6(9)7(4-10)11-5/h3H,4,10H2,1-2H3. The van der Waals surface area contributed by atoms with Crippen molar-refractivity contribution in [1.29, 1.82) is 0 Å². The predicted molar refractivity (Wildman–Crippen MR) is 48.4 cm³/mol. The molecule has 0 aliphatic carbocycles. The minimum atomic E-state index is 0.351. The molecule has 66 valence electrons. The molecule has 2 N–H and O–H groups in total. The summed E-state index contributed by atoms with van der Waals surface area (Å²) in [6, 6.07) is 1.73. The van der Waals surface area contributed by atoms with Crippen molar-refractivity contribution in [2.75, 3.05) is 7.11 Å². The van der Waals surface area contributed by atoms with Crippen molar-refractivity contribution in [2.24, 2.45) is 5.73 Å². The van der Waals surface area contributed by atoms with Gasteiger partial charge in [-0.15, -0.1) is 0 Å². The SMILES string of the molecule is COc1cc(Cl)c(CN)nc1C. The van der Waals surface area contributed by atoms with Crippen molar-refractivity contribution in [1.82, 2.24) is 4.98 Å². The summed E-state index contributed by atoms with van der Waals surface area (Å²) in [5.41, 5.74) is 6.93. The molecule has 1 aromatic heterocycles. The van der Waals surface area contributed by atoms with Gasteiger partial charge in [-0.05, 0) is 6.92 Å². The minimum Gasteiger partial charge on any atom is -0.495 e. The van der Waals surface area contributed by atoms with Crippen molar-refractivity contribution in [3.05, 3.63) is 22.5 Å². The highest BCUT2D eigenvalue weighted by molar-refractivity contribution is 6.31. The van der Waals surface area contributed by atoms with Crippen molar-refractivity contribution in [3.63, 3.8) is 0 Å². The number of rotatable bonds is 2. The Hall–Kier alpha value is -0.800. The van der Waals surface area contributed by atoms with Gasteiger partial charge in [0.1, 0.15) is 5.75 Å². The first-order valence-corrected chi connectivity index (χ1v) is 3.97. The largest absolute Gasteiger partial charge is 0.495 e. The van der Waals surface area contributed by atoms with Crippen LogP contribution in [0.25, 0.3) is 0 Å². The molecule has 0 aliphatic heterocycles. The number of halogens is 1. The molecule has 0 bridgehead atoms. The van der Waals surface area contributed by atoms with Crippen LogP contribution >= 0.6 is 11.6 Å². The monoisotopic (exact) mass is 186 g/mol. The third-order valence-corrected chi connectivity index (χ3v) is 1.93. The Balaban J connectivity index is 3.16. The molecule has 1 aromatic rings. The Bertz CT molecular complexity index is 259. The topological polar surface area (TPSA) is 48.1 Å². The summed E-state index contributed by atoms with van der Waals surface area (Å²) in [5.74, 6) is 0.692. The Morgan fingerprint density at radius 1 is 1.67 bits per heavy atom. The summed E-state index contributed by atoms with van der Waals surface area (Å²) < 4.78 is 5.04. The Kier molecular flexibility index (Phi) is 2.89. The second kappa shape index (κ2) is 3.74. The van der Waals surface area contributed by atoms with Crippen molar-refractivity contribution >= 4 is 11.6 Å². The zero-order valence-corrected chi connectivity index (χ0v) is 7.85. The molecule has 0 saturated carbocycles. The molecule has 0 aromatic carbocycles. The maximum atomic E-state index is 5.86. The molecule has 1 rings (SSSR count). The van der Waals surface area contributed by atoms with E-state index in [4.69, 9.17) is 22.1 Å². The molecule has 0 spiro atoms. The van der Waals surface area contributed by atoms with Gasteiger partial charge in [0.05, 0.1) is 23.5 Å². The number of nitrogens with zero attached hydrogens (tertiary/aromatic N) is 1. The second-order valence-corrected chi connectivity index (χ2v) is 2.82. The number of ether oxygens (including phenoxy) is 1. The van der Waals surface area contributed by atoms with Gasteiger partial charge in [-0.1, -0.05) is 11.6 Å². The highest BCUT2D eigenvalue weighted by Gasteiger charge is 2.05. The zero-order valence-electron chi connectivity index (χ0n) is 7.10. The summed E-state index contributed by atoms with van der Waals surface area (Å²) in [6.07, 6.45) is 0. The first-order chi connectivity index (χ1) is 5.69. The first-order valence-electron chi connectivity index (χ1n) is 3.59. The van der Waals surface area contributed by atoms with Crippen LogP contribution in [0, 0.1) is 6.92 Å². The zero-order chi connectivity index (χ0) is 9.14. The Morgan fingerprint density at radius 2 is 2.33 bits per heavy atom. The highest BCUT2D eigenvalue weighted by Crippen LogP contribution is 2.23. The van der Waals surface area contributed by atoms with Crippen LogP contribution in [-0.4, -0.2) is 12.1 Å². The molecule has 0 atom stereocenters. The van der Waals surface area contributed by atoms with Gasteiger partial charge in [-0.2, -0.15) is 0 Å². The summed E-state index contributed by atoms with van der Waals surface area (Å²) >= 11 is 5.86. The van der Waals surface area contributed by atoms with E-state index in [1.807, 2.05) is 6.92 Å². The summed E-state index contributed by atoms with van der Waals surface area (Å²) in [7, 11) is 1.59. The Morgan fingerprint density at radius 3 is 2.83 bits per heavy atom. The smallest absolute Gasteiger partial charge is 0.141 e. The van der Waals surface area contributed by atoms with Gasteiger partial charge in [-0.3, -0.25) is 4.98 Å². The van der Waals surface area contributed by atoms with E-state index in [2.05, 4.69) is 4.98 Å². The molecule has 0 amide bonds. The Labute approximate surface area is 76.5 Å². The number of hydrogen-bond donors (Lipinski definition) is 1. The third kappa shape index (κ3) is 1.68. The molecule has 0 saturated heterocycles. The average molecular weight is 187 g/mol. The lowest BCUT2D eigenvalue weighted by atomic mass is 10.3. The fourth-order valence-electron chi connectivity index (χ4n) is 0.964. The van der Waals surface area contributed by atoms with E-state index in [-0.39, 0.29) is 0 Å². The van der Waals surface area contributed by atoms with E-state index in [1.165, 1.54) is 0 Å². The lowest BCUT2D eigenvalue weighted by molar-refractivity contribution is 0.409. The van der Waals surface area contributed by atoms with E-state index in [1.54, 1.807) is 13.2 Å². The van der Waals surface area contributed by atoms with E-state index in [9.17, 15) is 0 Å². The van der Waals surface area contributed by atoms with Gasteiger partial charge in [0, 0.05) is 12.6 Å². The molecular weight excluding hydrogens is 176 g/mol. The van der Waals surface area contributed by atoms with Gasteiger partial charge in [0.2, 0.25) is 0 Å². The fraction of sp³-hybridized carbons (Fsp3) is 0.375. The van der Waals surface area contributed by atoms with E-state index in [0.717, 1.165) is 5.69 Å². The van der Waals surface area contributed by atoms with Crippen LogP contribution in [0.15, 0.2) is 6.07 Å². The van der Waals surface area contributed by atoms with Crippen molar-refractivity contribution in [3.8, 4) is 5.75 Å². The van der Waals surface area contributed by atoms with Crippen LogP contribution in [-0.2, 0) is 6.54 Å². The van der Waals surface area contributed by atoms with E-state index >= 15 is 0 Å². The van der Waals surface area contributed by atoms with Crippen molar-refractivity contribution < 1.29 is 4.74 Å². The number of nitrogens with two attached hydrogens (primary N) is 1. The van der Waals surface area contributed by atoms with Gasteiger partial charge in [-0.25, -0.2) is 0 Å². The second-order valence-electron chi connectivity index (χ2n) is 2.41. The maximum Gasteiger partial charge on any atom is 0.141 e. The quantitative estimate of drug-likeness (QED) is 0.762. The number of pyridine rings is 1.